The van der Waals surface area contributed by atoms with Gasteiger partial charge >= 0.3 is 5.97 Å². The number of aromatic nitrogens is 4. The first-order valence-corrected chi connectivity index (χ1v) is 6.97. The van der Waals surface area contributed by atoms with Crippen molar-refractivity contribution in [1.29, 1.82) is 0 Å². The lowest BCUT2D eigenvalue weighted by Gasteiger charge is -2.11. The first kappa shape index (κ1) is 16.0. The van der Waals surface area contributed by atoms with Gasteiger partial charge in [-0.1, -0.05) is 0 Å². The Hall–Kier alpha value is -2.42. The molecule has 0 aromatic carbocycles. The van der Waals surface area contributed by atoms with Gasteiger partial charge in [0.25, 0.3) is 0 Å². The van der Waals surface area contributed by atoms with Gasteiger partial charge in [0, 0.05) is 14.1 Å². The zero-order chi connectivity index (χ0) is 16.1. The van der Waals surface area contributed by atoms with Crippen molar-refractivity contribution in [1.82, 2.24) is 19.9 Å². The van der Waals surface area contributed by atoms with E-state index in [9.17, 15) is 4.79 Å². The van der Waals surface area contributed by atoms with Crippen LogP contribution in [0, 0.1) is 0 Å². The quantitative estimate of drug-likeness (QED) is 0.531. The van der Waals surface area contributed by atoms with E-state index in [-0.39, 0.29) is 17.8 Å². The van der Waals surface area contributed by atoms with E-state index in [1.807, 2.05) is 0 Å². The van der Waals surface area contributed by atoms with Crippen LogP contribution in [0.2, 0.25) is 5.28 Å². The summed E-state index contributed by atoms with van der Waals surface area (Å²) < 4.78 is 4.84. The molecule has 0 fully saturated rings. The average Bonchev–Trinajstić information content (AvgIpc) is 2.51. The van der Waals surface area contributed by atoms with Gasteiger partial charge in [0.1, 0.15) is 17.6 Å². The molecule has 9 nitrogen and oxygen atoms in total. The van der Waals surface area contributed by atoms with Crippen molar-refractivity contribution < 1.29 is 9.53 Å². The Morgan fingerprint density at radius 3 is 2.36 bits per heavy atom. The Kier molecular flexibility index (Phi) is 5.10. The second-order valence-electron chi connectivity index (χ2n) is 4.09. The Morgan fingerprint density at radius 1 is 1.09 bits per heavy atom. The van der Waals surface area contributed by atoms with Gasteiger partial charge < -0.3 is 20.7 Å². The second kappa shape index (κ2) is 7.03. The Bertz CT molecular complexity index is 695. The molecule has 0 spiro atoms. The molecular weight excluding hydrogens is 310 g/mol. The van der Waals surface area contributed by atoms with Crippen molar-refractivity contribution in [3.8, 4) is 0 Å². The molecule has 118 valence electrons. The van der Waals surface area contributed by atoms with Gasteiger partial charge in [-0.25, -0.2) is 9.97 Å². The van der Waals surface area contributed by atoms with Crippen LogP contribution in [-0.2, 0) is 9.53 Å². The molecule has 0 amide bonds. The van der Waals surface area contributed by atoms with Crippen LogP contribution in [0.4, 0.5) is 17.6 Å². The third-order valence-corrected chi connectivity index (χ3v) is 2.86. The van der Waals surface area contributed by atoms with Crippen LogP contribution < -0.4 is 16.0 Å². The van der Waals surface area contributed by atoms with Crippen LogP contribution in [0.3, 0.4) is 0 Å². The van der Waals surface area contributed by atoms with Crippen molar-refractivity contribution in [3.05, 3.63) is 5.28 Å². The number of fused-ring (bicyclic) bond motifs is 1. The molecule has 2 rings (SSSR count). The Labute approximate surface area is 131 Å². The van der Waals surface area contributed by atoms with E-state index in [4.69, 9.17) is 16.3 Å². The van der Waals surface area contributed by atoms with Crippen LogP contribution in [0.1, 0.15) is 6.92 Å². The fourth-order valence-electron chi connectivity index (χ4n) is 1.78. The van der Waals surface area contributed by atoms with E-state index < -0.39 is 5.97 Å². The predicted octanol–water partition coefficient (Wildman–Crippen LogP) is 1.13. The molecule has 0 bridgehead atoms. The number of carbonyl (C=O) groups excluding carboxylic acids is 1. The van der Waals surface area contributed by atoms with E-state index in [1.165, 1.54) is 0 Å². The number of carbonyl (C=O) groups is 1. The van der Waals surface area contributed by atoms with E-state index in [0.717, 1.165) is 0 Å². The summed E-state index contributed by atoms with van der Waals surface area (Å²) >= 11 is 5.89. The molecule has 0 saturated heterocycles. The number of rotatable bonds is 6. The molecule has 22 heavy (non-hydrogen) atoms. The maximum atomic E-state index is 11.4. The predicted molar refractivity (Wildman–Crippen MR) is 84.4 cm³/mol. The minimum Gasteiger partial charge on any atom is -0.465 e. The highest BCUT2D eigenvalue weighted by Crippen LogP contribution is 2.26. The van der Waals surface area contributed by atoms with Crippen molar-refractivity contribution >= 4 is 46.2 Å². The van der Waals surface area contributed by atoms with Crippen LogP contribution in [0.5, 0.6) is 0 Å². The SMILES string of the molecule is CCOC(=O)CNc1nc(NC)c2nc(Cl)nc(NC)c2n1. The monoisotopic (exact) mass is 325 g/mol. The topological polar surface area (TPSA) is 114 Å². The number of hydrogen-bond acceptors (Lipinski definition) is 9. The van der Waals surface area contributed by atoms with E-state index in [0.29, 0.717) is 29.3 Å². The minimum absolute atomic E-state index is 0.0359. The Morgan fingerprint density at radius 2 is 1.73 bits per heavy atom. The molecule has 2 aromatic rings. The number of halogens is 1. The molecule has 2 aromatic heterocycles. The molecule has 10 heteroatoms. The fraction of sp³-hybridized carbons (Fsp3) is 0.417. The van der Waals surface area contributed by atoms with E-state index in [1.54, 1.807) is 21.0 Å². The molecular formula is C12H16ClN7O2. The summed E-state index contributed by atoms with van der Waals surface area (Å²) in [5, 5.41) is 8.72. The van der Waals surface area contributed by atoms with Crippen molar-refractivity contribution in [3.63, 3.8) is 0 Å². The zero-order valence-corrected chi connectivity index (χ0v) is 13.2. The van der Waals surface area contributed by atoms with Gasteiger partial charge in [0.15, 0.2) is 11.6 Å². The molecule has 0 aliphatic rings. The lowest BCUT2D eigenvalue weighted by molar-refractivity contribution is -0.140. The highest BCUT2D eigenvalue weighted by atomic mass is 35.5. The number of anilines is 3. The molecule has 0 atom stereocenters. The smallest absolute Gasteiger partial charge is 0.325 e. The molecule has 2 heterocycles. The highest BCUT2D eigenvalue weighted by Gasteiger charge is 2.14. The van der Waals surface area contributed by atoms with Gasteiger partial charge in [-0.05, 0) is 18.5 Å². The summed E-state index contributed by atoms with van der Waals surface area (Å²) in [6.45, 7) is 2.02. The van der Waals surface area contributed by atoms with E-state index in [2.05, 4.69) is 35.9 Å². The first-order chi connectivity index (χ1) is 10.6. The van der Waals surface area contributed by atoms with Crippen LogP contribution in [0.15, 0.2) is 0 Å². The summed E-state index contributed by atoms with van der Waals surface area (Å²) in [6.07, 6.45) is 0. The van der Waals surface area contributed by atoms with Crippen molar-refractivity contribution in [2.75, 3.05) is 43.2 Å². The minimum atomic E-state index is -0.390. The third-order valence-electron chi connectivity index (χ3n) is 2.69. The molecule has 0 aliphatic carbocycles. The van der Waals surface area contributed by atoms with Gasteiger partial charge in [-0.2, -0.15) is 9.97 Å². The normalized spacial score (nSPS) is 10.4. The number of esters is 1. The van der Waals surface area contributed by atoms with Crippen LogP contribution in [-0.4, -0.2) is 53.2 Å². The number of nitrogens with zero attached hydrogens (tertiary/aromatic N) is 4. The maximum Gasteiger partial charge on any atom is 0.325 e. The van der Waals surface area contributed by atoms with Crippen molar-refractivity contribution in [2.24, 2.45) is 0 Å². The van der Waals surface area contributed by atoms with E-state index >= 15 is 0 Å². The standard InChI is InChI=1S/C12H16ClN7O2/c1-4-22-6(21)5-16-12-18-8-7(10(15-3)20-12)17-11(13)19-9(8)14-2/h4-5H2,1-3H3,(H,14,17,19)(H2,15,16,18,20). The molecule has 3 N–H and O–H groups in total. The summed E-state index contributed by atoms with van der Waals surface area (Å²) in [6, 6.07) is 0. The van der Waals surface area contributed by atoms with Gasteiger partial charge in [-0.15, -0.1) is 0 Å². The summed E-state index contributed by atoms with van der Waals surface area (Å²) in [5.41, 5.74) is 0.964. The van der Waals surface area contributed by atoms with Gasteiger partial charge in [-0.3, -0.25) is 4.79 Å². The lowest BCUT2D eigenvalue weighted by Crippen LogP contribution is -2.18. The first-order valence-electron chi connectivity index (χ1n) is 6.59. The molecule has 0 saturated carbocycles. The molecule has 0 radical (unpaired) electrons. The zero-order valence-electron chi connectivity index (χ0n) is 12.4. The summed E-state index contributed by atoms with van der Waals surface area (Å²) in [4.78, 5) is 28.1. The molecule has 0 unspecified atom stereocenters. The second-order valence-corrected chi connectivity index (χ2v) is 4.43. The van der Waals surface area contributed by atoms with Crippen LogP contribution >= 0.6 is 11.6 Å². The van der Waals surface area contributed by atoms with Crippen LogP contribution in [0.25, 0.3) is 11.0 Å². The van der Waals surface area contributed by atoms with Crippen molar-refractivity contribution in [2.45, 2.75) is 6.92 Å². The Balaban J connectivity index is 2.41. The largest absolute Gasteiger partial charge is 0.465 e. The fourth-order valence-corrected chi connectivity index (χ4v) is 1.95. The lowest BCUT2D eigenvalue weighted by atomic mass is 10.3. The maximum absolute atomic E-state index is 11.4. The third kappa shape index (κ3) is 3.42. The summed E-state index contributed by atoms with van der Waals surface area (Å²) in [5.74, 6) is 0.802. The average molecular weight is 326 g/mol. The summed E-state index contributed by atoms with van der Waals surface area (Å²) in [7, 11) is 3.40. The molecule has 0 aliphatic heterocycles. The highest BCUT2D eigenvalue weighted by molar-refractivity contribution is 6.29. The van der Waals surface area contributed by atoms with Gasteiger partial charge in [0.05, 0.1) is 6.61 Å². The number of ether oxygens (including phenoxy) is 1. The number of nitrogens with one attached hydrogen (secondary N) is 3. The van der Waals surface area contributed by atoms with Gasteiger partial charge in [0.2, 0.25) is 11.2 Å². The number of hydrogen-bond donors (Lipinski definition) is 3.